The molecule has 1 amide bonds. The maximum Gasteiger partial charge on any atom is 0.343 e. The van der Waals surface area contributed by atoms with Gasteiger partial charge in [-0.2, -0.15) is 5.10 Å². The van der Waals surface area contributed by atoms with E-state index in [2.05, 4.69) is 17.1 Å². The Morgan fingerprint density at radius 3 is 2.32 bits per heavy atom. The van der Waals surface area contributed by atoms with E-state index in [0.717, 1.165) is 42.0 Å². The molecule has 0 bridgehead atoms. The predicted molar refractivity (Wildman–Crippen MR) is 119 cm³/mol. The van der Waals surface area contributed by atoms with Gasteiger partial charge >= 0.3 is 5.69 Å². The zero-order valence-electron chi connectivity index (χ0n) is 18.0. The molecule has 1 aliphatic heterocycles. The van der Waals surface area contributed by atoms with E-state index in [0.29, 0.717) is 19.6 Å². The third kappa shape index (κ3) is 4.55. The Labute approximate surface area is 181 Å². The van der Waals surface area contributed by atoms with E-state index in [1.165, 1.54) is 5.56 Å². The second-order valence-corrected chi connectivity index (χ2v) is 7.94. The molecule has 2 aromatic carbocycles. The number of aromatic amines is 1. The summed E-state index contributed by atoms with van der Waals surface area (Å²) in [6.45, 7) is 3.87. The highest BCUT2D eigenvalue weighted by Crippen LogP contribution is 2.27. The number of nitrogens with one attached hydrogen (secondary N) is 1. The van der Waals surface area contributed by atoms with Gasteiger partial charge in [0.25, 0.3) is 5.91 Å². The van der Waals surface area contributed by atoms with E-state index in [1.54, 1.807) is 11.7 Å². The van der Waals surface area contributed by atoms with E-state index in [1.807, 2.05) is 53.4 Å². The predicted octanol–water partition coefficient (Wildman–Crippen LogP) is 3.21. The summed E-state index contributed by atoms with van der Waals surface area (Å²) in [5, 5.41) is 6.91. The SMILES string of the molecule is CCc1ccc(C(=O)N2CCC(c3n[nH]c(=O)n3Cc3ccc(OC)cc3)CC2)cc1. The lowest BCUT2D eigenvalue weighted by Crippen LogP contribution is -2.38. The Hall–Kier alpha value is -3.35. The topological polar surface area (TPSA) is 80.2 Å². The van der Waals surface area contributed by atoms with Gasteiger partial charge in [0.15, 0.2) is 0 Å². The van der Waals surface area contributed by atoms with Gasteiger partial charge in [-0.3, -0.25) is 9.36 Å². The number of aryl methyl sites for hydroxylation is 1. The minimum absolute atomic E-state index is 0.0683. The number of hydrogen-bond acceptors (Lipinski definition) is 4. The Morgan fingerprint density at radius 1 is 1.06 bits per heavy atom. The largest absolute Gasteiger partial charge is 0.497 e. The van der Waals surface area contributed by atoms with Crippen LogP contribution < -0.4 is 10.4 Å². The summed E-state index contributed by atoms with van der Waals surface area (Å²) in [7, 11) is 1.63. The van der Waals surface area contributed by atoms with Crippen LogP contribution in [0.3, 0.4) is 0 Å². The van der Waals surface area contributed by atoms with Gasteiger partial charge in [-0.25, -0.2) is 9.89 Å². The molecule has 7 heteroatoms. The lowest BCUT2D eigenvalue weighted by Gasteiger charge is -2.31. The lowest BCUT2D eigenvalue weighted by molar-refractivity contribution is 0.0710. The number of carbonyl (C=O) groups is 1. The van der Waals surface area contributed by atoms with Gasteiger partial charge in [0.05, 0.1) is 13.7 Å². The summed E-state index contributed by atoms with van der Waals surface area (Å²) in [6.07, 6.45) is 2.53. The number of benzene rings is 2. The second-order valence-electron chi connectivity index (χ2n) is 7.94. The Balaban J connectivity index is 1.42. The van der Waals surface area contributed by atoms with Gasteiger partial charge < -0.3 is 9.64 Å². The number of ether oxygens (including phenoxy) is 1. The third-order valence-electron chi connectivity index (χ3n) is 6.04. The lowest BCUT2D eigenvalue weighted by atomic mass is 9.95. The number of aromatic nitrogens is 3. The third-order valence-corrected chi connectivity index (χ3v) is 6.04. The fraction of sp³-hybridized carbons (Fsp3) is 0.375. The van der Waals surface area contributed by atoms with E-state index in [-0.39, 0.29) is 17.5 Å². The molecule has 1 fully saturated rings. The monoisotopic (exact) mass is 420 g/mol. The first-order valence-electron chi connectivity index (χ1n) is 10.7. The molecule has 2 heterocycles. The first-order chi connectivity index (χ1) is 15.1. The molecule has 0 radical (unpaired) electrons. The van der Waals surface area contributed by atoms with Crippen molar-refractivity contribution in [2.75, 3.05) is 20.2 Å². The van der Waals surface area contributed by atoms with Crippen LogP contribution in [0.4, 0.5) is 0 Å². The number of piperidine rings is 1. The normalized spacial score (nSPS) is 14.6. The fourth-order valence-corrected chi connectivity index (χ4v) is 4.11. The van der Waals surface area contributed by atoms with Crippen LogP contribution in [-0.2, 0) is 13.0 Å². The molecule has 0 atom stereocenters. The molecule has 162 valence electrons. The summed E-state index contributed by atoms with van der Waals surface area (Å²) >= 11 is 0. The highest BCUT2D eigenvalue weighted by molar-refractivity contribution is 5.94. The number of carbonyl (C=O) groups excluding carboxylic acids is 1. The Bertz CT molecular complexity index is 1080. The minimum Gasteiger partial charge on any atom is -0.497 e. The summed E-state index contributed by atoms with van der Waals surface area (Å²) in [4.78, 5) is 27.1. The van der Waals surface area contributed by atoms with Crippen molar-refractivity contribution in [1.82, 2.24) is 19.7 Å². The molecule has 3 aromatic rings. The van der Waals surface area contributed by atoms with Crippen LogP contribution in [0.5, 0.6) is 5.75 Å². The smallest absolute Gasteiger partial charge is 0.343 e. The molecular weight excluding hydrogens is 392 g/mol. The first kappa shape index (κ1) is 20.9. The molecule has 1 N–H and O–H groups in total. The van der Waals surface area contributed by atoms with Crippen molar-refractivity contribution in [2.24, 2.45) is 0 Å². The second kappa shape index (κ2) is 9.20. The number of rotatable bonds is 6. The van der Waals surface area contributed by atoms with Gasteiger partial charge in [-0.05, 0) is 54.7 Å². The highest BCUT2D eigenvalue weighted by Gasteiger charge is 2.28. The number of H-pyrrole nitrogens is 1. The highest BCUT2D eigenvalue weighted by atomic mass is 16.5. The number of amides is 1. The van der Waals surface area contributed by atoms with Crippen LogP contribution in [0, 0.1) is 0 Å². The van der Waals surface area contributed by atoms with Gasteiger partial charge in [-0.15, -0.1) is 0 Å². The van der Waals surface area contributed by atoms with Crippen molar-refractivity contribution in [2.45, 2.75) is 38.6 Å². The Morgan fingerprint density at radius 2 is 1.71 bits per heavy atom. The Kier molecular flexibility index (Phi) is 6.21. The number of hydrogen-bond donors (Lipinski definition) is 1. The number of nitrogens with zero attached hydrogens (tertiary/aromatic N) is 3. The average molecular weight is 421 g/mol. The van der Waals surface area contributed by atoms with Crippen LogP contribution in [-0.4, -0.2) is 45.8 Å². The van der Waals surface area contributed by atoms with Gasteiger partial charge in [0.1, 0.15) is 11.6 Å². The zero-order valence-corrected chi connectivity index (χ0v) is 18.0. The molecular formula is C24H28N4O3. The minimum atomic E-state index is -0.208. The molecule has 1 saturated heterocycles. The average Bonchev–Trinajstić information content (AvgIpc) is 3.19. The van der Waals surface area contributed by atoms with Crippen molar-refractivity contribution in [1.29, 1.82) is 0 Å². The maximum absolute atomic E-state index is 12.8. The van der Waals surface area contributed by atoms with E-state index < -0.39 is 0 Å². The van der Waals surface area contributed by atoms with Crippen molar-refractivity contribution < 1.29 is 9.53 Å². The molecule has 1 aromatic heterocycles. The van der Waals surface area contributed by atoms with Crippen LogP contribution in [0.1, 0.15) is 53.0 Å². The molecule has 1 aliphatic rings. The molecule has 0 aliphatic carbocycles. The molecule has 0 unspecified atom stereocenters. The summed E-state index contributed by atoms with van der Waals surface area (Å²) in [5.74, 6) is 1.76. The molecule has 4 rings (SSSR count). The van der Waals surface area contributed by atoms with Crippen LogP contribution in [0.2, 0.25) is 0 Å². The fourth-order valence-electron chi connectivity index (χ4n) is 4.11. The van der Waals surface area contributed by atoms with E-state index in [9.17, 15) is 9.59 Å². The molecule has 0 spiro atoms. The van der Waals surface area contributed by atoms with Crippen molar-refractivity contribution >= 4 is 5.91 Å². The van der Waals surface area contributed by atoms with Crippen LogP contribution in [0.25, 0.3) is 0 Å². The van der Waals surface area contributed by atoms with E-state index >= 15 is 0 Å². The molecule has 7 nitrogen and oxygen atoms in total. The van der Waals surface area contributed by atoms with Gasteiger partial charge in [0.2, 0.25) is 0 Å². The number of likely N-dealkylation sites (tertiary alicyclic amines) is 1. The van der Waals surface area contributed by atoms with Crippen molar-refractivity contribution in [3.63, 3.8) is 0 Å². The van der Waals surface area contributed by atoms with Crippen molar-refractivity contribution in [3.8, 4) is 5.75 Å². The van der Waals surface area contributed by atoms with E-state index in [4.69, 9.17) is 4.74 Å². The molecule has 31 heavy (non-hydrogen) atoms. The summed E-state index contributed by atoms with van der Waals surface area (Å²) < 4.78 is 6.90. The van der Waals surface area contributed by atoms with Crippen LogP contribution in [0.15, 0.2) is 53.3 Å². The summed E-state index contributed by atoms with van der Waals surface area (Å²) in [6, 6.07) is 15.5. The standard InChI is InChI=1S/C24H28N4O3/c1-3-17-4-8-20(9-5-17)23(29)27-14-12-19(13-15-27)22-25-26-24(30)28(22)16-18-6-10-21(31-2)11-7-18/h4-11,19H,3,12-16H2,1-2H3,(H,26,30). The number of methoxy groups -OCH3 is 1. The van der Waals surface area contributed by atoms with Gasteiger partial charge in [0, 0.05) is 24.6 Å². The van der Waals surface area contributed by atoms with Crippen LogP contribution >= 0.6 is 0 Å². The van der Waals surface area contributed by atoms with Crippen molar-refractivity contribution in [3.05, 3.63) is 81.5 Å². The zero-order chi connectivity index (χ0) is 21.8. The molecule has 0 saturated carbocycles. The van der Waals surface area contributed by atoms with Gasteiger partial charge in [-0.1, -0.05) is 31.2 Å². The summed E-state index contributed by atoms with van der Waals surface area (Å²) in [5.41, 5.74) is 2.75. The first-order valence-corrected chi connectivity index (χ1v) is 10.7. The maximum atomic E-state index is 12.8. The quantitative estimate of drug-likeness (QED) is 0.664.